The highest BCUT2D eigenvalue weighted by Gasteiger charge is 2.28. The topological polar surface area (TPSA) is 66.3 Å². The highest BCUT2D eigenvalue weighted by Crippen LogP contribution is 2.27. The maximum atomic E-state index is 10.9. The summed E-state index contributed by atoms with van der Waals surface area (Å²) in [6, 6.07) is 0.438. The lowest BCUT2D eigenvalue weighted by Gasteiger charge is -2.28. The minimum Gasteiger partial charge on any atom is -0.476 e. The first kappa shape index (κ1) is 11.8. The number of hydrogen-bond acceptors (Lipinski definition) is 4. The van der Waals surface area contributed by atoms with Gasteiger partial charge in [-0.15, -0.1) is 0 Å². The Morgan fingerprint density at radius 1 is 1.53 bits per heavy atom. The van der Waals surface area contributed by atoms with E-state index in [4.69, 9.17) is 5.11 Å². The zero-order valence-electron chi connectivity index (χ0n) is 10.1. The van der Waals surface area contributed by atoms with Crippen LogP contribution >= 0.6 is 0 Å². The van der Waals surface area contributed by atoms with Crippen molar-refractivity contribution in [2.75, 3.05) is 11.4 Å². The molecule has 2 rings (SSSR count). The molecule has 1 unspecified atom stereocenters. The third-order valence-electron chi connectivity index (χ3n) is 3.20. The Morgan fingerprint density at radius 3 is 2.94 bits per heavy atom. The summed E-state index contributed by atoms with van der Waals surface area (Å²) in [5.74, 6) is 0.188. The molecule has 0 saturated carbocycles. The fraction of sp³-hybridized carbons (Fsp3) is 0.583. The molecule has 92 valence electrons. The van der Waals surface area contributed by atoms with Gasteiger partial charge in [0.2, 0.25) is 0 Å². The van der Waals surface area contributed by atoms with Crippen molar-refractivity contribution in [3.05, 3.63) is 18.1 Å². The van der Waals surface area contributed by atoms with E-state index in [9.17, 15) is 4.79 Å². The van der Waals surface area contributed by atoms with Crippen molar-refractivity contribution >= 4 is 11.8 Å². The van der Waals surface area contributed by atoms with Crippen molar-refractivity contribution in [3.63, 3.8) is 0 Å². The molecule has 1 N–H and O–H groups in total. The number of aromatic nitrogens is 2. The fourth-order valence-corrected chi connectivity index (χ4v) is 2.37. The van der Waals surface area contributed by atoms with Crippen molar-refractivity contribution in [1.29, 1.82) is 0 Å². The Bertz CT molecular complexity index is 420. The lowest BCUT2D eigenvalue weighted by molar-refractivity contribution is 0.0690. The molecule has 5 nitrogen and oxygen atoms in total. The Kier molecular flexibility index (Phi) is 3.26. The first-order valence-corrected chi connectivity index (χ1v) is 5.91. The second-order valence-electron chi connectivity index (χ2n) is 4.71. The SMILES string of the molecule is CC(C)C1CCCN1c1cncc(C(=O)O)n1. The van der Waals surface area contributed by atoms with Crippen molar-refractivity contribution in [2.45, 2.75) is 32.7 Å². The van der Waals surface area contributed by atoms with E-state index >= 15 is 0 Å². The number of nitrogens with zero attached hydrogens (tertiary/aromatic N) is 3. The average molecular weight is 235 g/mol. The molecule has 0 radical (unpaired) electrons. The predicted octanol–water partition coefficient (Wildman–Crippen LogP) is 1.80. The molecule has 1 aliphatic rings. The summed E-state index contributed by atoms with van der Waals surface area (Å²) in [5, 5.41) is 8.91. The molecule has 0 aliphatic carbocycles. The van der Waals surface area contributed by atoms with Crippen molar-refractivity contribution in [1.82, 2.24) is 9.97 Å². The van der Waals surface area contributed by atoms with E-state index < -0.39 is 5.97 Å². The van der Waals surface area contributed by atoms with Gasteiger partial charge in [0.05, 0.1) is 12.4 Å². The summed E-state index contributed by atoms with van der Waals surface area (Å²) in [5.41, 5.74) is 0.0110. The lowest BCUT2D eigenvalue weighted by atomic mass is 10.0. The Hall–Kier alpha value is -1.65. The van der Waals surface area contributed by atoms with E-state index in [-0.39, 0.29) is 5.69 Å². The summed E-state index contributed by atoms with van der Waals surface area (Å²) in [7, 11) is 0. The average Bonchev–Trinajstić information content (AvgIpc) is 2.78. The minimum absolute atomic E-state index is 0.0110. The number of carbonyl (C=O) groups is 1. The Labute approximate surface area is 100 Å². The summed E-state index contributed by atoms with van der Waals surface area (Å²) in [6.45, 7) is 5.29. The third kappa shape index (κ3) is 2.38. The van der Waals surface area contributed by atoms with Crippen LogP contribution in [-0.2, 0) is 0 Å². The molecule has 1 aromatic heterocycles. The quantitative estimate of drug-likeness (QED) is 0.865. The number of aromatic carboxylic acids is 1. The molecule has 1 saturated heterocycles. The van der Waals surface area contributed by atoms with Gasteiger partial charge in [0.25, 0.3) is 0 Å². The molecule has 2 heterocycles. The van der Waals surface area contributed by atoms with Crippen LogP contribution in [0.4, 0.5) is 5.82 Å². The summed E-state index contributed by atoms with van der Waals surface area (Å²) >= 11 is 0. The van der Waals surface area contributed by atoms with Crippen LogP contribution in [0.1, 0.15) is 37.2 Å². The van der Waals surface area contributed by atoms with E-state index in [2.05, 4.69) is 28.7 Å². The molecular weight excluding hydrogens is 218 g/mol. The second-order valence-corrected chi connectivity index (χ2v) is 4.71. The molecule has 5 heteroatoms. The third-order valence-corrected chi connectivity index (χ3v) is 3.20. The largest absolute Gasteiger partial charge is 0.476 e. The molecule has 1 fully saturated rings. The molecule has 1 aromatic rings. The summed E-state index contributed by atoms with van der Waals surface area (Å²) < 4.78 is 0. The van der Waals surface area contributed by atoms with Crippen LogP contribution in [0.5, 0.6) is 0 Å². The van der Waals surface area contributed by atoms with Crippen LogP contribution in [0, 0.1) is 5.92 Å². The van der Waals surface area contributed by atoms with Gasteiger partial charge in [0.15, 0.2) is 5.69 Å². The van der Waals surface area contributed by atoms with Gasteiger partial charge in [0.1, 0.15) is 5.82 Å². The van der Waals surface area contributed by atoms with Crippen molar-refractivity contribution < 1.29 is 9.90 Å². The molecule has 0 aromatic carbocycles. The molecular formula is C12H17N3O2. The number of carboxylic acid groups (broad SMARTS) is 1. The van der Waals surface area contributed by atoms with Crippen LogP contribution in [0.25, 0.3) is 0 Å². The van der Waals surface area contributed by atoms with Gasteiger partial charge in [-0.1, -0.05) is 13.8 Å². The van der Waals surface area contributed by atoms with Crippen LogP contribution in [0.3, 0.4) is 0 Å². The van der Waals surface area contributed by atoms with E-state index in [1.165, 1.54) is 6.20 Å². The van der Waals surface area contributed by atoms with E-state index in [0.717, 1.165) is 19.4 Å². The van der Waals surface area contributed by atoms with Crippen LogP contribution < -0.4 is 4.90 Å². The molecule has 0 bridgehead atoms. The van der Waals surface area contributed by atoms with Gasteiger partial charge < -0.3 is 10.0 Å². The molecule has 0 amide bonds. The summed E-state index contributed by atoms with van der Waals surface area (Å²) in [4.78, 5) is 21.1. The number of anilines is 1. The Balaban J connectivity index is 2.27. The fourth-order valence-electron chi connectivity index (χ4n) is 2.37. The van der Waals surface area contributed by atoms with Gasteiger partial charge in [-0.3, -0.25) is 4.98 Å². The molecule has 1 aliphatic heterocycles. The van der Waals surface area contributed by atoms with E-state index in [1.807, 2.05) is 0 Å². The van der Waals surface area contributed by atoms with Crippen molar-refractivity contribution in [3.8, 4) is 0 Å². The van der Waals surface area contributed by atoms with Gasteiger partial charge >= 0.3 is 5.97 Å². The highest BCUT2D eigenvalue weighted by molar-refractivity contribution is 5.85. The second kappa shape index (κ2) is 4.69. The van der Waals surface area contributed by atoms with Crippen LogP contribution in [0.15, 0.2) is 12.4 Å². The first-order valence-electron chi connectivity index (χ1n) is 5.91. The zero-order chi connectivity index (χ0) is 12.4. The number of hydrogen-bond donors (Lipinski definition) is 1. The minimum atomic E-state index is -1.03. The van der Waals surface area contributed by atoms with Gasteiger partial charge in [-0.05, 0) is 18.8 Å². The summed E-state index contributed by atoms with van der Waals surface area (Å²) in [6.07, 6.45) is 5.19. The molecule has 17 heavy (non-hydrogen) atoms. The smallest absolute Gasteiger partial charge is 0.356 e. The molecule has 0 spiro atoms. The monoisotopic (exact) mass is 235 g/mol. The zero-order valence-corrected chi connectivity index (χ0v) is 10.1. The van der Waals surface area contributed by atoms with Gasteiger partial charge in [-0.2, -0.15) is 0 Å². The van der Waals surface area contributed by atoms with Crippen molar-refractivity contribution in [2.24, 2.45) is 5.92 Å². The maximum Gasteiger partial charge on any atom is 0.356 e. The lowest BCUT2D eigenvalue weighted by Crippen LogP contribution is -2.34. The standard InChI is InChI=1S/C12H17N3O2/c1-8(2)10-4-3-5-15(10)11-7-13-6-9(14-11)12(16)17/h6-8,10H,3-5H2,1-2H3,(H,16,17). The van der Waals surface area contributed by atoms with E-state index in [1.54, 1.807) is 6.20 Å². The number of carboxylic acids is 1. The first-order chi connectivity index (χ1) is 8.09. The Morgan fingerprint density at radius 2 is 2.29 bits per heavy atom. The van der Waals surface area contributed by atoms with Crippen LogP contribution in [-0.4, -0.2) is 33.6 Å². The van der Waals surface area contributed by atoms with Gasteiger partial charge in [0, 0.05) is 12.6 Å². The predicted molar refractivity (Wildman–Crippen MR) is 64.2 cm³/mol. The maximum absolute atomic E-state index is 10.9. The molecule has 1 atom stereocenters. The number of rotatable bonds is 3. The van der Waals surface area contributed by atoms with Crippen LogP contribution in [0.2, 0.25) is 0 Å². The highest BCUT2D eigenvalue weighted by atomic mass is 16.4. The van der Waals surface area contributed by atoms with Gasteiger partial charge in [-0.25, -0.2) is 9.78 Å². The van der Waals surface area contributed by atoms with E-state index in [0.29, 0.717) is 17.8 Å². The normalized spacial score (nSPS) is 19.9.